The highest BCUT2D eigenvalue weighted by atomic mass is 32.1. The number of benzene rings is 1. The maximum atomic E-state index is 13.4. The molecule has 1 aromatic carbocycles. The minimum Gasteiger partial charge on any atom is -0.478 e. The molecule has 1 aromatic heterocycles. The van der Waals surface area contributed by atoms with Crippen LogP contribution in [-0.2, 0) is 0 Å². The van der Waals surface area contributed by atoms with E-state index in [-0.39, 0.29) is 16.7 Å². The summed E-state index contributed by atoms with van der Waals surface area (Å²) in [6.07, 6.45) is 0. The maximum Gasteiger partial charge on any atom is 0.337 e. The van der Waals surface area contributed by atoms with Crippen molar-refractivity contribution in [1.29, 1.82) is 0 Å². The van der Waals surface area contributed by atoms with Crippen molar-refractivity contribution in [3.63, 3.8) is 0 Å². The Morgan fingerprint density at radius 2 is 1.81 bits per heavy atom. The van der Waals surface area contributed by atoms with E-state index in [4.69, 9.17) is 5.11 Å². The molecule has 1 heterocycles. The van der Waals surface area contributed by atoms with Crippen molar-refractivity contribution in [1.82, 2.24) is 0 Å². The number of thiophene rings is 1. The van der Waals surface area contributed by atoms with Gasteiger partial charge in [-0.25, -0.2) is 13.6 Å². The van der Waals surface area contributed by atoms with Crippen molar-refractivity contribution < 1.29 is 18.7 Å². The molecule has 0 spiro atoms. The van der Waals surface area contributed by atoms with Crippen molar-refractivity contribution >= 4 is 17.3 Å². The number of carboxylic acid groups (broad SMARTS) is 1. The summed E-state index contributed by atoms with van der Waals surface area (Å²) in [4.78, 5) is 10.8. The third-order valence-electron chi connectivity index (χ3n) is 2.12. The van der Waals surface area contributed by atoms with E-state index in [1.165, 1.54) is 16.8 Å². The van der Waals surface area contributed by atoms with E-state index in [0.29, 0.717) is 0 Å². The second-order valence-electron chi connectivity index (χ2n) is 3.10. The molecule has 1 N–H and O–H groups in total. The first-order valence-electron chi connectivity index (χ1n) is 4.35. The third-order valence-corrected chi connectivity index (χ3v) is 2.87. The number of aromatic carboxylic acids is 1. The van der Waals surface area contributed by atoms with Crippen molar-refractivity contribution in [3.05, 3.63) is 46.2 Å². The summed E-state index contributed by atoms with van der Waals surface area (Å²) in [5, 5.41) is 11.6. The first kappa shape index (κ1) is 10.8. The molecule has 0 bridgehead atoms. The van der Waals surface area contributed by atoms with E-state index in [0.717, 1.165) is 23.5 Å². The van der Waals surface area contributed by atoms with E-state index >= 15 is 0 Å². The van der Waals surface area contributed by atoms with Gasteiger partial charge in [0.2, 0.25) is 0 Å². The molecule has 0 aliphatic heterocycles. The molecule has 2 nitrogen and oxygen atoms in total. The van der Waals surface area contributed by atoms with Crippen molar-refractivity contribution in [2.24, 2.45) is 0 Å². The van der Waals surface area contributed by atoms with Crippen LogP contribution in [0.4, 0.5) is 8.78 Å². The smallest absolute Gasteiger partial charge is 0.337 e. The molecule has 82 valence electrons. The van der Waals surface area contributed by atoms with Gasteiger partial charge >= 0.3 is 5.97 Å². The van der Waals surface area contributed by atoms with E-state index in [9.17, 15) is 13.6 Å². The highest BCUT2D eigenvalue weighted by Gasteiger charge is 2.18. The van der Waals surface area contributed by atoms with Crippen LogP contribution in [0.2, 0.25) is 0 Å². The van der Waals surface area contributed by atoms with Gasteiger partial charge in [-0.15, -0.1) is 0 Å². The number of halogens is 2. The molecule has 0 atom stereocenters. The minimum absolute atomic E-state index is 0.0769. The van der Waals surface area contributed by atoms with E-state index in [1.807, 2.05) is 0 Å². The molecular formula is C11H6F2O2S. The quantitative estimate of drug-likeness (QED) is 0.873. The summed E-state index contributed by atoms with van der Waals surface area (Å²) in [7, 11) is 0. The number of hydrogen-bond acceptors (Lipinski definition) is 2. The summed E-state index contributed by atoms with van der Waals surface area (Å²) in [5.74, 6) is -2.72. The van der Waals surface area contributed by atoms with Crippen LogP contribution in [0, 0.1) is 11.6 Å². The van der Waals surface area contributed by atoms with E-state index in [1.54, 1.807) is 0 Å². The molecular weight excluding hydrogens is 234 g/mol. The third kappa shape index (κ3) is 1.69. The normalized spacial score (nSPS) is 10.4. The molecule has 2 rings (SSSR count). The van der Waals surface area contributed by atoms with Crippen molar-refractivity contribution in [2.75, 3.05) is 0 Å². The van der Waals surface area contributed by atoms with Gasteiger partial charge in [0.05, 0.1) is 11.1 Å². The van der Waals surface area contributed by atoms with Gasteiger partial charge in [0.25, 0.3) is 0 Å². The molecule has 0 saturated heterocycles. The lowest BCUT2D eigenvalue weighted by Gasteiger charge is -2.03. The summed E-state index contributed by atoms with van der Waals surface area (Å²) >= 11 is 1.09. The van der Waals surface area contributed by atoms with E-state index < -0.39 is 17.6 Å². The largest absolute Gasteiger partial charge is 0.478 e. The van der Waals surface area contributed by atoms with Crippen LogP contribution in [0.3, 0.4) is 0 Å². The van der Waals surface area contributed by atoms with Crippen LogP contribution in [0.5, 0.6) is 0 Å². The van der Waals surface area contributed by atoms with Crippen molar-refractivity contribution in [2.45, 2.75) is 0 Å². The zero-order valence-corrected chi connectivity index (χ0v) is 8.72. The molecule has 5 heteroatoms. The van der Waals surface area contributed by atoms with Crippen LogP contribution in [0.15, 0.2) is 29.0 Å². The molecule has 0 aliphatic carbocycles. The topological polar surface area (TPSA) is 37.3 Å². The fraction of sp³-hybridized carbons (Fsp3) is 0. The lowest BCUT2D eigenvalue weighted by molar-refractivity contribution is 0.0698. The average Bonchev–Trinajstić information content (AvgIpc) is 2.66. The predicted molar refractivity (Wildman–Crippen MR) is 56.6 cm³/mol. The zero-order valence-electron chi connectivity index (χ0n) is 7.91. The van der Waals surface area contributed by atoms with E-state index in [2.05, 4.69) is 0 Å². The molecule has 0 radical (unpaired) electrons. The van der Waals surface area contributed by atoms with Gasteiger partial charge in [0.15, 0.2) is 0 Å². The fourth-order valence-electron chi connectivity index (χ4n) is 1.41. The van der Waals surface area contributed by atoms with Gasteiger partial charge in [-0.1, -0.05) is 6.07 Å². The first-order chi connectivity index (χ1) is 7.61. The van der Waals surface area contributed by atoms with Crippen LogP contribution >= 0.6 is 11.3 Å². The van der Waals surface area contributed by atoms with Crippen LogP contribution in [-0.4, -0.2) is 11.1 Å². The number of carbonyl (C=O) groups is 1. The highest BCUT2D eigenvalue weighted by Crippen LogP contribution is 2.31. The maximum absolute atomic E-state index is 13.4. The number of hydrogen-bond donors (Lipinski definition) is 1. The summed E-state index contributed by atoms with van der Waals surface area (Å²) in [6.45, 7) is 0. The van der Waals surface area contributed by atoms with Crippen LogP contribution < -0.4 is 0 Å². The Morgan fingerprint density at radius 3 is 2.38 bits per heavy atom. The van der Waals surface area contributed by atoms with Gasteiger partial charge in [0, 0.05) is 10.9 Å². The Kier molecular flexibility index (Phi) is 2.70. The lowest BCUT2D eigenvalue weighted by atomic mass is 10.0. The Labute approximate surface area is 93.8 Å². The Bertz CT molecular complexity index is 528. The first-order valence-corrected chi connectivity index (χ1v) is 5.29. The number of carboxylic acids is 1. The lowest BCUT2D eigenvalue weighted by Crippen LogP contribution is -1.98. The van der Waals surface area contributed by atoms with Crippen LogP contribution in [0.1, 0.15) is 10.4 Å². The van der Waals surface area contributed by atoms with Gasteiger partial charge in [-0.05, 0) is 17.5 Å². The monoisotopic (exact) mass is 240 g/mol. The molecule has 16 heavy (non-hydrogen) atoms. The highest BCUT2D eigenvalue weighted by molar-refractivity contribution is 7.08. The SMILES string of the molecule is O=C(O)c1cscc1-c1c(F)cccc1F. The Hall–Kier alpha value is -1.75. The molecule has 0 unspecified atom stereocenters. The summed E-state index contributed by atoms with van der Waals surface area (Å²) in [5.41, 5.74) is -0.303. The minimum atomic E-state index is -1.20. The van der Waals surface area contributed by atoms with Gasteiger partial charge in [-0.2, -0.15) is 11.3 Å². The van der Waals surface area contributed by atoms with Crippen molar-refractivity contribution in [3.8, 4) is 11.1 Å². The molecule has 0 aliphatic rings. The number of rotatable bonds is 2. The summed E-state index contributed by atoms with van der Waals surface area (Å²) < 4.78 is 26.9. The average molecular weight is 240 g/mol. The zero-order chi connectivity index (χ0) is 11.7. The Morgan fingerprint density at radius 1 is 1.19 bits per heavy atom. The van der Waals surface area contributed by atoms with Crippen LogP contribution in [0.25, 0.3) is 11.1 Å². The van der Waals surface area contributed by atoms with Gasteiger partial charge < -0.3 is 5.11 Å². The molecule has 0 saturated carbocycles. The molecule has 0 amide bonds. The fourth-order valence-corrected chi connectivity index (χ4v) is 2.22. The Balaban J connectivity index is 2.68. The molecule has 0 fully saturated rings. The predicted octanol–water partition coefficient (Wildman–Crippen LogP) is 3.39. The van der Waals surface area contributed by atoms with Gasteiger partial charge in [0.1, 0.15) is 11.6 Å². The van der Waals surface area contributed by atoms with Gasteiger partial charge in [-0.3, -0.25) is 0 Å². The summed E-state index contributed by atoms with van der Waals surface area (Å²) in [6, 6.07) is 3.43. The second kappa shape index (κ2) is 4.02. The standard InChI is InChI=1S/C11H6F2O2S/c12-8-2-1-3-9(13)10(8)6-4-16-5-7(6)11(14)15/h1-5H,(H,14,15). The molecule has 2 aromatic rings. The second-order valence-corrected chi connectivity index (χ2v) is 3.84.